The van der Waals surface area contributed by atoms with E-state index in [2.05, 4.69) is 12.2 Å². The maximum atomic E-state index is 11.3. The molecule has 2 fully saturated rings. The van der Waals surface area contributed by atoms with E-state index in [0.29, 0.717) is 23.7 Å². The Morgan fingerprint density at radius 2 is 1.92 bits per heavy atom. The largest absolute Gasteiger partial charge is 0.469 e. The van der Waals surface area contributed by atoms with Crippen LogP contribution in [0.25, 0.3) is 0 Å². The van der Waals surface area contributed by atoms with Gasteiger partial charge < -0.3 is 4.74 Å². The van der Waals surface area contributed by atoms with Gasteiger partial charge in [-0.05, 0) is 30.1 Å². The van der Waals surface area contributed by atoms with E-state index in [1.807, 2.05) is 0 Å². The van der Waals surface area contributed by atoms with Crippen molar-refractivity contribution < 1.29 is 9.53 Å². The molecule has 0 amide bonds. The first-order valence-electron chi connectivity index (χ1n) is 4.59. The fourth-order valence-electron chi connectivity index (χ4n) is 3.24. The summed E-state index contributed by atoms with van der Waals surface area (Å²) in [5.74, 6) is 2.95. The predicted molar refractivity (Wildman–Crippen MR) is 43.2 cm³/mol. The Bertz CT molecular complexity index is 251. The fourth-order valence-corrected chi connectivity index (χ4v) is 3.24. The summed E-state index contributed by atoms with van der Waals surface area (Å²) in [6.45, 7) is 0. The van der Waals surface area contributed by atoms with E-state index < -0.39 is 0 Å². The molecule has 5 atom stereocenters. The monoisotopic (exact) mass is 164 g/mol. The van der Waals surface area contributed by atoms with Crippen LogP contribution in [-0.4, -0.2) is 13.1 Å². The highest BCUT2D eigenvalue weighted by Crippen LogP contribution is 2.67. The molecule has 0 saturated heterocycles. The molecule has 3 aliphatic carbocycles. The first kappa shape index (κ1) is 6.70. The molecule has 0 aromatic heterocycles. The molecule has 2 heteroatoms. The highest BCUT2D eigenvalue weighted by molar-refractivity contribution is 5.77. The number of esters is 1. The first-order valence-corrected chi connectivity index (χ1v) is 4.59. The van der Waals surface area contributed by atoms with Gasteiger partial charge in [0.05, 0.1) is 13.0 Å². The number of methoxy groups -OCH3 is 1. The van der Waals surface area contributed by atoms with Crippen LogP contribution in [-0.2, 0) is 9.53 Å². The normalized spacial score (nSPS) is 52.2. The average molecular weight is 164 g/mol. The van der Waals surface area contributed by atoms with Crippen LogP contribution in [0.3, 0.4) is 0 Å². The van der Waals surface area contributed by atoms with Crippen LogP contribution >= 0.6 is 0 Å². The molecule has 0 N–H and O–H groups in total. The molecular weight excluding hydrogens is 152 g/mol. The predicted octanol–water partition coefficient (Wildman–Crippen LogP) is 1.23. The lowest BCUT2D eigenvalue weighted by molar-refractivity contribution is -0.143. The van der Waals surface area contributed by atoms with Gasteiger partial charge in [-0.1, -0.05) is 12.2 Å². The van der Waals surface area contributed by atoms with Crippen molar-refractivity contribution >= 4 is 5.97 Å². The molecule has 0 spiro atoms. The maximum absolute atomic E-state index is 11.3. The number of hydrogen-bond donors (Lipinski definition) is 0. The Morgan fingerprint density at radius 3 is 2.42 bits per heavy atom. The van der Waals surface area contributed by atoms with Crippen LogP contribution in [0.4, 0.5) is 0 Å². The molecule has 2 bridgehead atoms. The molecule has 0 heterocycles. The van der Waals surface area contributed by atoms with Crippen molar-refractivity contribution in [2.45, 2.75) is 6.42 Å². The third kappa shape index (κ3) is 0.598. The SMILES string of the molecule is COC(=O)C1[C@@H]2[C@H]1[C@@H]1C=C[C@H]2C1. The minimum absolute atomic E-state index is 0.0170. The molecule has 2 nitrogen and oxygen atoms in total. The van der Waals surface area contributed by atoms with Gasteiger partial charge in [0.2, 0.25) is 0 Å². The van der Waals surface area contributed by atoms with E-state index in [0.717, 1.165) is 0 Å². The van der Waals surface area contributed by atoms with Crippen molar-refractivity contribution in [1.29, 1.82) is 0 Å². The van der Waals surface area contributed by atoms with Gasteiger partial charge in [-0.15, -0.1) is 0 Å². The second-order valence-electron chi connectivity index (χ2n) is 4.15. The highest BCUT2D eigenvalue weighted by Gasteiger charge is 2.66. The van der Waals surface area contributed by atoms with E-state index in [1.165, 1.54) is 13.5 Å². The first-order chi connectivity index (χ1) is 5.83. The number of allylic oxidation sites excluding steroid dienone is 2. The number of carbonyl (C=O) groups is 1. The molecule has 2 saturated carbocycles. The van der Waals surface area contributed by atoms with Gasteiger partial charge in [-0.25, -0.2) is 0 Å². The third-order valence-electron chi connectivity index (χ3n) is 3.74. The highest BCUT2D eigenvalue weighted by atomic mass is 16.5. The van der Waals surface area contributed by atoms with Crippen molar-refractivity contribution in [3.63, 3.8) is 0 Å². The Labute approximate surface area is 71.6 Å². The molecule has 1 unspecified atom stereocenters. The molecule has 0 radical (unpaired) electrons. The second kappa shape index (κ2) is 1.93. The molecule has 0 aromatic carbocycles. The molecule has 12 heavy (non-hydrogen) atoms. The van der Waals surface area contributed by atoms with E-state index in [4.69, 9.17) is 4.74 Å². The average Bonchev–Trinajstić information content (AvgIpc) is 2.53. The fraction of sp³-hybridized carbons (Fsp3) is 0.700. The van der Waals surface area contributed by atoms with Crippen molar-refractivity contribution in [2.75, 3.05) is 7.11 Å². The van der Waals surface area contributed by atoms with E-state index in [-0.39, 0.29) is 11.9 Å². The quantitative estimate of drug-likeness (QED) is 0.430. The minimum atomic E-state index is 0.0170. The zero-order valence-corrected chi connectivity index (χ0v) is 7.07. The zero-order valence-electron chi connectivity index (χ0n) is 7.07. The Balaban J connectivity index is 1.81. The van der Waals surface area contributed by atoms with Crippen molar-refractivity contribution in [1.82, 2.24) is 0 Å². The molecule has 3 aliphatic rings. The van der Waals surface area contributed by atoms with Crippen LogP contribution in [0, 0.1) is 29.6 Å². The molecular formula is C10H12O2. The lowest BCUT2D eigenvalue weighted by Crippen LogP contribution is -2.11. The van der Waals surface area contributed by atoms with Gasteiger partial charge in [0, 0.05) is 0 Å². The summed E-state index contributed by atoms with van der Waals surface area (Å²) in [4.78, 5) is 11.3. The minimum Gasteiger partial charge on any atom is -0.469 e. The molecule has 3 rings (SSSR count). The smallest absolute Gasteiger partial charge is 0.309 e. The van der Waals surface area contributed by atoms with Crippen LogP contribution in [0.1, 0.15) is 6.42 Å². The van der Waals surface area contributed by atoms with Gasteiger partial charge in [0.1, 0.15) is 0 Å². The Morgan fingerprint density at radius 1 is 1.33 bits per heavy atom. The lowest BCUT2D eigenvalue weighted by Gasteiger charge is -2.06. The van der Waals surface area contributed by atoms with E-state index in [9.17, 15) is 4.79 Å². The summed E-state index contributed by atoms with van der Waals surface area (Å²) >= 11 is 0. The van der Waals surface area contributed by atoms with Gasteiger partial charge in [-0.2, -0.15) is 0 Å². The molecule has 0 aromatic rings. The summed E-state index contributed by atoms with van der Waals surface area (Å²) in [7, 11) is 1.49. The number of hydrogen-bond acceptors (Lipinski definition) is 2. The lowest BCUT2D eigenvalue weighted by atomic mass is 10.0. The molecule has 0 aliphatic heterocycles. The summed E-state index contributed by atoms with van der Waals surface area (Å²) in [5.41, 5.74) is 0. The van der Waals surface area contributed by atoms with Gasteiger partial charge in [-0.3, -0.25) is 4.79 Å². The van der Waals surface area contributed by atoms with Crippen molar-refractivity contribution in [2.24, 2.45) is 29.6 Å². The van der Waals surface area contributed by atoms with Crippen molar-refractivity contribution in [3.05, 3.63) is 12.2 Å². The van der Waals surface area contributed by atoms with Crippen molar-refractivity contribution in [3.8, 4) is 0 Å². The summed E-state index contributed by atoms with van der Waals surface area (Å²) in [6, 6.07) is 0. The van der Waals surface area contributed by atoms with Crippen LogP contribution < -0.4 is 0 Å². The number of ether oxygens (including phenoxy) is 1. The summed E-state index contributed by atoms with van der Waals surface area (Å²) < 4.78 is 4.77. The standard InChI is InChI=1S/C10H12O2/c1-12-10(11)9-7-5-2-3-6(4-5)8(7)9/h2-3,5-9H,4H2,1H3/t5-,6+,7-,8+,9?. The second-order valence-corrected chi connectivity index (χ2v) is 4.15. The van der Waals surface area contributed by atoms with Gasteiger partial charge >= 0.3 is 5.97 Å². The Hall–Kier alpha value is -0.790. The number of fused-ring (bicyclic) bond motifs is 5. The maximum Gasteiger partial charge on any atom is 0.309 e. The molecule has 64 valence electrons. The van der Waals surface area contributed by atoms with Crippen LogP contribution in [0.15, 0.2) is 12.2 Å². The summed E-state index contributed by atoms with van der Waals surface area (Å²) in [5, 5.41) is 0. The number of carbonyl (C=O) groups excluding carboxylic acids is 1. The van der Waals surface area contributed by atoms with Gasteiger partial charge in [0.25, 0.3) is 0 Å². The van der Waals surface area contributed by atoms with Crippen LogP contribution in [0.2, 0.25) is 0 Å². The zero-order chi connectivity index (χ0) is 8.29. The van der Waals surface area contributed by atoms with E-state index in [1.54, 1.807) is 0 Å². The third-order valence-corrected chi connectivity index (χ3v) is 3.74. The topological polar surface area (TPSA) is 26.3 Å². The Kier molecular flexibility index (Phi) is 1.07. The van der Waals surface area contributed by atoms with Crippen LogP contribution in [0.5, 0.6) is 0 Å². The number of rotatable bonds is 1. The van der Waals surface area contributed by atoms with E-state index >= 15 is 0 Å². The summed E-state index contributed by atoms with van der Waals surface area (Å²) in [6.07, 6.45) is 5.87. The van der Waals surface area contributed by atoms with Gasteiger partial charge in [0.15, 0.2) is 0 Å².